The molecule has 3 rings (SSSR count). The number of nitrogens with one attached hydrogen (secondary N) is 1. The first-order valence-corrected chi connectivity index (χ1v) is 11.5. The van der Waals surface area contributed by atoms with Crippen LogP contribution in [0.5, 0.6) is 5.75 Å². The average Bonchev–Trinajstić information content (AvgIpc) is 3.31. The third-order valence-electron chi connectivity index (χ3n) is 5.80. The van der Waals surface area contributed by atoms with Gasteiger partial charge in [0.1, 0.15) is 12.4 Å². The molecule has 1 aliphatic rings. The minimum absolute atomic E-state index is 0.00862. The van der Waals surface area contributed by atoms with Crippen LogP contribution in [0.25, 0.3) is 0 Å². The summed E-state index contributed by atoms with van der Waals surface area (Å²) in [7, 11) is 1.79. The molecule has 0 radical (unpaired) electrons. The van der Waals surface area contributed by atoms with E-state index in [1.54, 1.807) is 11.9 Å². The van der Waals surface area contributed by atoms with E-state index in [-0.39, 0.29) is 18.4 Å². The molecule has 0 aliphatic carbocycles. The van der Waals surface area contributed by atoms with Crippen LogP contribution in [0.15, 0.2) is 42.5 Å². The second-order valence-corrected chi connectivity index (χ2v) is 8.63. The van der Waals surface area contributed by atoms with Crippen LogP contribution in [-0.2, 0) is 16.0 Å². The number of likely N-dealkylation sites (tertiary alicyclic amines) is 1. The number of carbonyl (C=O) groups excluding carboxylic acids is 2. The van der Waals surface area contributed by atoms with E-state index in [0.717, 1.165) is 60.5 Å². The van der Waals surface area contributed by atoms with Gasteiger partial charge < -0.3 is 19.9 Å². The molecule has 1 fully saturated rings. The fraction of sp³-hybridized carbons (Fsp3) is 0.462. The van der Waals surface area contributed by atoms with Gasteiger partial charge in [-0.3, -0.25) is 9.59 Å². The highest BCUT2D eigenvalue weighted by Gasteiger charge is 2.17. The molecule has 2 amide bonds. The van der Waals surface area contributed by atoms with Crippen molar-refractivity contribution in [2.45, 2.75) is 39.5 Å². The maximum atomic E-state index is 12.4. The first kappa shape index (κ1) is 23.6. The Hall–Kier alpha value is -3.02. The van der Waals surface area contributed by atoms with Crippen molar-refractivity contribution in [2.24, 2.45) is 0 Å². The van der Waals surface area contributed by atoms with Crippen LogP contribution in [0.3, 0.4) is 0 Å². The molecule has 0 saturated carbocycles. The number of aryl methyl sites for hydroxylation is 3. The Labute approximate surface area is 191 Å². The van der Waals surface area contributed by atoms with E-state index in [1.165, 1.54) is 0 Å². The Morgan fingerprint density at radius 1 is 1.03 bits per heavy atom. The Morgan fingerprint density at radius 2 is 1.69 bits per heavy atom. The maximum Gasteiger partial charge on any atom is 0.241 e. The Morgan fingerprint density at radius 3 is 2.34 bits per heavy atom. The number of nitrogens with zero attached hydrogens (tertiary/aromatic N) is 2. The lowest BCUT2D eigenvalue weighted by Gasteiger charge is -2.18. The van der Waals surface area contributed by atoms with Gasteiger partial charge in [-0.1, -0.05) is 18.2 Å². The van der Waals surface area contributed by atoms with Crippen LogP contribution in [0.2, 0.25) is 0 Å². The molecule has 1 N–H and O–H groups in total. The molecule has 32 heavy (non-hydrogen) atoms. The van der Waals surface area contributed by atoms with Crippen molar-refractivity contribution in [3.63, 3.8) is 0 Å². The van der Waals surface area contributed by atoms with Crippen LogP contribution >= 0.6 is 0 Å². The van der Waals surface area contributed by atoms with Gasteiger partial charge in [-0.25, -0.2) is 0 Å². The fourth-order valence-electron chi connectivity index (χ4n) is 3.92. The van der Waals surface area contributed by atoms with Crippen molar-refractivity contribution >= 4 is 17.5 Å². The number of ether oxygens (including phenoxy) is 1. The molecular weight excluding hydrogens is 402 g/mol. The largest absolute Gasteiger partial charge is 0.492 e. The van der Waals surface area contributed by atoms with Gasteiger partial charge in [0, 0.05) is 32.2 Å². The molecule has 0 bridgehead atoms. The zero-order valence-electron chi connectivity index (χ0n) is 19.5. The van der Waals surface area contributed by atoms with Crippen LogP contribution in [0.1, 0.15) is 36.0 Å². The minimum Gasteiger partial charge on any atom is -0.492 e. The van der Waals surface area contributed by atoms with E-state index in [1.807, 2.05) is 55.1 Å². The molecule has 1 heterocycles. The van der Waals surface area contributed by atoms with E-state index in [9.17, 15) is 9.59 Å². The lowest BCUT2D eigenvalue weighted by Crippen LogP contribution is -2.35. The molecule has 0 atom stereocenters. The number of carbonyl (C=O) groups is 2. The van der Waals surface area contributed by atoms with E-state index in [0.29, 0.717) is 19.6 Å². The molecule has 2 aromatic rings. The summed E-state index contributed by atoms with van der Waals surface area (Å²) in [6.45, 7) is 7.10. The first-order chi connectivity index (χ1) is 15.4. The van der Waals surface area contributed by atoms with E-state index in [4.69, 9.17) is 4.74 Å². The smallest absolute Gasteiger partial charge is 0.241 e. The van der Waals surface area contributed by atoms with Gasteiger partial charge in [-0.05, 0) is 74.1 Å². The predicted molar refractivity (Wildman–Crippen MR) is 128 cm³/mol. The molecule has 6 heteroatoms. The molecule has 2 aromatic carbocycles. The second-order valence-electron chi connectivity index (χ2n) is 8.63. The number of rotatable bonds is 10. The van der Waals surface area contributed by atoms with Crippen LogP contribution < -0.4 is 10.1 Å². The summed E-state index contributed by atoms with van der Waals surface area (Å²) < 4.78 is 5.80. The van der Waals surface area contributed by atoms with Crippen molar-refractivity contribution < 1.29 is 14.3 Å². The zero-order chi connectivity index (χ0) is 22.9. The fourth-order valence-corrected chi connectivity index (χ4v) is 3.92. The van der Waals surface area contributed by atoms with Gasteiger partial charge >= 0.3 is 0 Å². The summed E-state index contributed by atoms with van der Waals surface area (Å²) in [5, 5.41) is 3.18. The van der Waals surface area contributed by atoms with Gasteiger partial charge in [0.05, 0.1) is 13.1 Å². The summed E-state index contributed by atoms with van der Waals surface area (Å²) in [6.07, 6.45) is 3.55. The number of likely N-dealkylation sites (N-methyl/N-ethyl adjacent to an activating group) is 1. The lowest BCUT2D eigenvalue weighted by atomic mass is 10.1. The van der Waals surface area contributed by atoms with Gasteiger partial charge in [0.25, 0.3) is 0 Å². The minimum atomic E-state index is 0.00862. The average molecular weight is 438 g/mol. The van der Waals surface area contributed by atoms with Gasteiger partial charge in [-0.15, -0.1) is 0 Å². The first-order valence-electron chi connectivity index (χ1n) is 11.5. The highest BCUT2D eigenvalue weighted by molar-refractivity contribution is 5.80. The molecule has 0 spiro atoms. The number of benzene rings is 2. The van der Waals surface area contributed by atoms with Crippen LogP contribution in [0, 0.1) is 13.8 Å². The van der Waals surface area contributed by atoms with Crippen molar-refractivity contribution in [3.05, 3.63) is 59.2 Å². The Balaban J connectivity index is 1.35. The van der Waals surface area contributed by atoms with Gasteiger partial charge in [0.15, 0.2) is 0 Å². The molecule has 6 nitrogen and oxygen atoms in total. The molecule has 172 valence electrons. The van der Waals surface area contributed by atoms with E-state index < -0.39 is 0 Å². The SMILES string of the molecule is Cc1cc(C)cc(OCCN(C)C(=O)CNc2ccc(CCC(=O)N3CCCC3)cc2)c1. The third kappa shape index (κ3) is 7.29. The monoisotopic (exact) mass is 437 g/mol. The molecule has 0 aromatic heterocycles. The normalized spacial score (nSPS) is 13.2. The van der Waals surface area contributed by atoms with Crippen molar-refractivity contribution in [1.82, 2.24) is 9.80 Å². The summed E-state index contributed by atoms with van der Waals surface area (Å²) in [4.78, 5) is 28.2. The molecular formula is C26H35N3O3. The van der Waals surface area contributed by atoms with Crippen molar-refractivity contribution in [2.75, 3.05) is 45.2 Å². The summed E-state index contributed by atoms with van der Waals surface area (Å²) in [5.74, 6) is 1.10. The van der Waals surface area contributed by atoms with Crippen molar-refractivity contribution in [1.29, 1.82) is 0 Å². The van der Waals surface area contributed by atoms with Gasteiger partial charge in [0.2, 0.25) is 11.8 Å². The Bertz CT molecular complexity index is 885. The summed E-state index contributed by atoms with van der Waals surface area (Å²) in [5.41, 5.74) is 4.36. The second kappa shape index (κ2) is 11.6. The number of hydrogen-bond donors (Lipinski definition) is 1. The standard InChI is InChI=1S/C26H35N3O3/c1-20-16-21(2)18-24(17-20)32-15-14-28(3)26(31)19-27-23-9-6-22(7-10-23)8-11-25(30)29-12-4-5-13-29/h6-7,9-10,16-18,27H,4-5,8,11-15,19H2,1-3H3. The molecule has 0 unspecified atom stereocenters. The van der Waals surface area contributed by atoms with E-state index >= 15 is 0 Å². The van der Waals surface area contributed by atoms with Gasteiger partial charge in [-0.2, -0.15) is 0 Å². The zero-order valence-corrected chi connectivity index (χ0v) is 19.5. The van der Waals surface area contributed by atoms with Crippen molar-refractivity contribution in [3.8, 4) is 5.75 Å². The topological polar surface area (TPSA) is 61.9 Å². The van der Waals surface area contributed by atoms with E-state index in [2.05, 4.69) is 11.4 Å². The number of hydrogen-bond acceptors (Lipinski definition) is 4. The quantitative estimate of drug-likeness (QED) is 0.614. The number of anilines is 1. The summed E-state index contributed by atoms with van der Waals surface area (Å²) in [6, 6.07) is 14.1. The lowest BCUT2D eigenvalue weighted by molar-refractivity contribution is -0.130. The highest BCUT2D eigenvalue weighted by atomic mass is 16.5. The predicted octanol–water partition coefficient (Wildman–Crippen LogP) is 3.81. The third-order valence-corrected chi connectivity index (χ3v) is 5.80. The highest BCUT2D eigenvalue weighted by Crippen LogP contribution is 2.16. The molecule has 1 saturated heterocycles. The molecule has 1 aliphatic heterocycles. The van der Waals surface area contributed by atoms with Crippen LogP contribution in [0.4, 0.5) is 5.69 Å². The summed E-state index contributed by atoms with van der Waals surface area (Å²) >= 11 is 0. The Kier molecular flexibility index (Phi) is 8.54. The van der Waals surface area contributed by atoms with Crippen LogP contribution in [-0.4, -0.2) is 61.4 Å². The number of amides is 2. The maximum absolute atomic E-state index is 12.4.